The maximum Gasteiger partial charge on any atom is 0.0973 e. The summed E-state index contributed by atoms with van der Waals surface area (Å²) in [7, 11) is 0. The normalized spacial score (nSPS) is 11.4. The molecule has 0 fully saturated rings. The third-order valence-electron chi connectivity index (χ3n) is 12.3. The highest BCUT2D eigenvalue weighted by Gasteiger charge is 2.19. The van der Waals surface area contributed by atoms with Gasteiger partial charge in [-0.15, -0.1) is 0 Å². The van der Waals surface area contributed by atoms with Crippen molar-refractivity contribution in [2.45, 2.75) is 0 Å². The van der Waals surface area contributed by atoms with Gasteiger partial charge in [0.15, 0.2) is 0 Å². The van der Waals surface area contributed by atoms with Crippen molar-refractivity contribution in [3.05, 3.63) is 231 Å². The molecule has 4 nitrogen and oxygen atoms in total. The minimum absolute atomic E-state index is 0.847. The van der Waals surface area contributed by atoms with E-state index in [1.165, 1.54) is 21.5 Å². The fourth-order valence-electron chi connectivity index (χ4n) is 9.15. The first-order chi connectivity index (χ1) is 31.7. The van der Waals surface area contributed by atoms with Gasteiger partial charge in [0.05, 0.1) is 44.8 Å². The van der Waals surface area contributed by atoms with E-state index in [1.54, 1.807) is 0 Å². The number of hydrogen-bond acceptors (Lipinski definition) is 4. The molecule has 0 amide bonds. The van der Waals surface area contributed by atoms with Crippen LogP contribution in [0.1, 0.15) is 0 Å². The Labute approximate surface area is 370 Å². The summed E-state index contributed by atoms with van der Waals surface area (Å²) < 4.78 is 0. The van der Waals surface area contributed by atoms with Crippen LogP contribution in [0.15, 0.2) is 231 Å². The molecule has 12 rings (SSSR count). The Bertz CT molecular complexity index is 3440. The topological polar surface area (TPSA) is 51.6 Å². The lowest BCUT2D eigenvalue weighted by Gasteiger charge is -2.15. The van der Waals surface area contributed by atoms with Crippen molar-refractivity contribution in [2.75, 3.05) is 0 Å². The number of hydrogen-bond donors (Lipinski definition) is 0. The van der Waals surface area contributed by atoms with Crippen molar-refractivity contribution in [1.82, 2.24) is 19.9 Å². The average Bonchev–Trinajstić information content (AvgIpc) is 3.38. The van der Waals surface area contributed by atoms with E-state index in [4.69, 9.17) is 19.9 Å². The van der Waals surface area contributed by atoms with Gasteiger partial charge < -0.3 is 0 Å². The number of para-hydroxylation sites is 2. The Morgan fingerprint density at radius 2 is 0.516 bits per heavy atom. The van der Waals surface area contributed by atoms with E-state index >= 15 is 0 Å². The molecule has 0 bridgehead atoms. The van der Waals surface area contributed by atoms with E-state index in [0.29, 0.717) is 0 Å². The van der Waals surface area contributed by atoms with Crippen LogP contribution < -0.4 is 0 Å². The fourth-order valence-corrected chi connectivity index (χ4v) is 9.15. The first-order valence-corrected chi connectivity index (χ1v) is 21.6. The Morgan fingerprint density at radius 3 is 0.953 bits per heavy atom. The zero-order chi connectivity index (χ0) is 42.4. The number of benzene rings is 10. The van der Waals surface area contributed by atoms with Crippen molar-refractivity contribution >= 4 is 43.6 Å². The second-order valence-corrected chi connectivity index (χ2v) is 16.1. The molecule has 0 N–H and O–H groups in total. The summed E-state index contributed by atoms with van der Waals surface area (Å²) in [6.45, 7) is 0. The molecule has 2 aromatic heterocycles. The number of aromatic nitrogens is 4. The van der Waals surface area contributed by atoms with E-state index in [1.807, 2.05) is 12.1 Å². The molecular formula is C60H38N4. The van der Waals surface area contributed by atoms with Gasteiger partial charge in [-0.2, -0.15) is 0 Å². The largest absolute Gasteiger partial charge is 0.244 e. The van der Waals surface area contributed by atoms with Crippen LogP contribution in [0.25, 0.3) is 122 Å². The van der Waals surface area contributed by atoms with Gasteiger partial charge in [0.25, 0.3) is 0 Å². The van der Waals surface area contributed by atoms with E-state index in [-0.39, 0.29) is 0 Å². The minimum atomic E-state index is 0.847. The molecule has 2 heterocycles. The van der Waals surface area contributed by atoms with Crippen LogP contribution in [-0.4, -0.2) is 19.9 Å². The van der Waals surface area contributed by atoms with Gasteiger partial charge in [0, 0.05) is 33.4 Å². The maximum atomic E-state index is 5.47. The number of rotatable bonds is 7. The molecule has 0 spiro atoms. The van der Waals surface area contributed by atoms with Crippen LogP contribution in [0.4, 0.5) is 0 Å². The lowest BCUT2D eigenvalue weighted by molar-refractivity contribution is 1.29. The average molecular weight is 815 g/mol. The first-order valence-electron chi connectivity index (χ1n) is 21.6. The second-order valence-electron chi connectivity index (χ2n) is 16.1. The molecule has 64 heavy (non-hydrogen) atoms. The molecule has 0 aliphatic rings. The zero-order valence-electron chi connectivity index (χ0n) is 34.7. The Morgan fingerprint density at radius 1 is 0.203 bits per heavy atom. The van der Waals surface area contributed by atoms with Crippen molar-refractivity contribution in [1.29, 1.82) is 0 Å². The van der Waals surface area contributed by atoms with Crippen molar-refractivity contribution in [2.24, 2.45) is 0 Å². The van der Waals surface area contributed by atoms with Crippen LogP contribution in [0.2, 0.25) is 0 Å². The summed E-state index contributed by atoms with van der Waals surface area (Å²) in [5.74, 6) is 0. The monoisotopic (exact) mass is 814 g/mol. The summed E-state index contributed by atoms with van der Waals surface area (Å²) in [4.78, 5) is 21.6. The maximum absolute atomic E-state index is 5.47. The predicted molar refractivity (Wildman–Crippen MR) is 266 cm³/mol. The highest BCUT2D eigenvalue weighted by molar-refractivity contribution is 6.06. The quantitative estimate of drug-likeness (QED) is 0.161. The molecular weight excluding hydrogens is 777 g/mol. The molecule has 0 atom stereocenters. The van der Waals surface area contributed by atoms with Crippen LogP contribution in [0.3, 0.4) is 0 Å². The van der Waals surface area contributed by atoms with Gasteiger partial charge in [-0.3, -0.25) is 0 Å². The summed E-state index contributed by atoms with van der Waals surface area (Å²) >= 11 is 0. The summed E-state index contributed by atoms with van der Waals surface area (Å²) in [5.41, 5.74) is 17.6. The highest BCUT2D eigenvalue weighted by Crippen LogP contribution is 2.40. The smallest absolute Gasteiger partial charge is 0.0973 e. The molecule has 12 aromatic rings. The van der Waals surface area contributed by atoms with Crippen LogP contribution >= 0.6 is 0 Å². The van der Waals surface area contributed by atoms with Gasteiger partial charge in [-0.05, 0) is 55.9 Å². The second kappa shape index (κ2) is 15.7. The molecule has 10 aromatic carbocycles. The zero-order valence-corrected chi connectivity index (χ0v) is 34.7. The predicted octanol–water partition coefficient (Wildman–Crippen LogP) is 15.5. The van der Waals surface area contributed by atoms with E-state index < -0.39 is 0 Å². The van der Waals surface area contributed by atoms with Gasteiger partial charge in [-0.1, -0.05) is 218 Å². The summed E-state index contributed by atoms with van der Waals surface area (Å²) in [6, 6.07) is 80.7. The fraction of sp³-hybridized carbons (Fsp3) is 0. The molecule has 0 unspecified atom stereocenters. The number of nitrogens with zero attached hydrogens (tertiary/aromatic N) is 4. The van der Waals surface area contributed by atoms with E-state index in [2.05, 4.69) is 218 Å². The van der Waals surface area contributed by atoms with Gasteiger partial charge >= 0.3 is 0 Å². The van der Waals surface area contributed by atoms with Crippen LogP contribution in [0.5, 0.6) is 0 Å². The third kappa shape index (κ3) is 6.57. The van der Waals surface area contributed by atoms with E-state index in [9.17, 15) is 0 Å². The molecule has 298 valence electrons. The highest BCUT2D eigenvalue weighted by atomic mass is 14.8. The van der Waals surface area contributed by atoms with Crippen molar-refractivity contribution in [3.63, 3.8) is 0 Å². The molecule has 0 saturated heterocycles. The lowest BCUT2D eigenvalue weighted by atomic mass is 9.95. The Hall–Kier alpha value is -8.60. The summed E-state index contributed by atoms with van der Waals surface area (Å²) in [5, 5.41) is 4.78. The molecule has 0 radical (unpaired) electrons. The molecule has 0 aliphatic carbocycles. The molecule has 0 saturated carbocycles. The Balaban J connectivity index is 0.946. The molecule has 0 aliphatic heterocycles. The van der Waals surface area contributed by atoms with Crippen molar-refractivity contribution in [3.8, 4) is 78.4 Å². The molecule has 4 heteroatoms. The minimum Gasteiger partial charge on any atom is -0.244 e. The van der Waals surface area contributed by atoms with Gasteiger partial charge in [0.2, 0.25) is 0 Å². The standard InChI is InChI=1S/C60H38N4/c1-3-17-43(18-4-1)55-57(63-59-51(27-13-29-53(59)61-55)49-25-11-21-41-15-7-9-23-47(41)49)45-35-31-39(32-36-45)40-33-37-46(38-34-40)58-56(44-19-5-2-6-20-44)62-54-30-14-28-52(60(54)64-58)50-26-12-22-42-16-8-10-24-48(42)50/h1-38H. The summed E-state index contributed by atoms with van der Waals surface area (Å²) in [6.07, 6.45) is 0. The van der Waals surface area contributed by atoms with Crippen LogP contribution in [-0.2, 0) is 0 Å². The lowest BCUT2D eigenvalue weighted by Crippen LogP contribution is -1.97. The van der Waals surface area contributed by atoms with Crippen molar-refractivity contribution < 1.29 is 0 Å². The SMILES string of the molecule is c1ccc(-c2nc3cccc(-c4cccc5ccccc45)c3nc2-c2ccc(-c3ccc(-c4nc5c(-c6cccc7ccccc67)cccc5nc4-c4ccccc4)cc3)cc2)cc1. The first kappa shape index (κ1) is 37.2. The van der Waals surface area contributed by atoms with Crippen LogP contribution in [0, 0.1) is 0 Å². The number of fused-ring (bicyclic) bond motifs is 4. The van der Waals surface area contributed by atoms with Gasteiger partial charge in [-0.25, -0.2) is 19.9 Å². The third-order valence-corrected chi connectivity index (χ3v) is 12.3. The van der Waals surface area contributed by atoms with Gasteiger partial charge in [0.1, 0.15) is 0 Å². The van der Waals surface area contributed by atoms with E-state index in [0.717, 1.165) is 100 Å². The Kier molecular flexibility index (Phi) is 9.12.